The van der Waals surface area contributed by atoms with Crippen LogP contribution >= 0.6 is 0 Å². The molecular weight excluding hydrogens is 358 g/mol. The number of aromatic nitrogens is 4. The van der Waals surface area contributed by atoms with Crippen molar-refractivity contribution >= 4 is 23.3 Å². The van der Waals surface area contributed by atoms with Crippen molar-refractivity contribution in [1.29, 1.82) is 0 Å². The maximum absolute atomic E-state index is 12.6. The fraction of sp³-hybridized carbons (Fsp3) is 0.526. The Bertz CT molecular complexity index is 901. The molecule has 2 aromatic rings. The van der Waals surface area contributed by atoms with Gasteiger partial charge in [-0.2, -0.15) is 10.1 Å². The van der Waals surface area contributed by atoms with Crippen molar-refractivity contribution in [2.24, 2.45) is 0 Å². The molecule has 0 radical (unpaired) electrons. The third-order valence-corrected chi connectivity index (χ3v) is 5.42. The van der Waals surface area contributed by atoms with Crippen molar-refractivity contribution in [3.8, 4) is 5.95 Å². The molecule has 3 heterocycles. The van der Waals surface area contributed by atoms with Crippen LogP contribution in [0, 0.1) is 0 Å². The second kappa shape index (κ2) is 7.21. The van der Waals surface area contributed by atoms with Gasteiger partial charge in [0.25, 0.3) is 11.9 Å². The first-order valence-corrected chi connectivity index (χ1v) is 9.73. The molecular formula is C19H25N7O2. The zero-order chi connectivity index (χ0) is 19.8. The number of carbonyl (C=O) groups is 2. The van der Waals surface area contributed by atoms with Gasteiger partial charge in [0.15, 0.2) is 11.5 Å². The van der Waals surface area contributed by atoms with Crippen LogP contribution in [0.5, 0.6) is 0 Å². The van der Waals surface area contributed by atoms with Crippen LogP contribution in [0.2, 0.25) is 0 Å². The lowest BCUT2D eigenvalue weighted by atomic mass is 10.0. The van der Waals surface area contributed by atoms with Crippen LogP contribution < -0.4 is 10.2 Å². The minimum Gasteiger partial charge on any atom is -0.343 e. The monoisotopic (exact) mass is 383 g/mol. The van der Waals surface area contributed by atoms with Crippen LogP contribution in [0.3, 0.4) is 0 Å². The molecule has 1 aliphatic heterocycles. The molecule has 0 spiro atoms. The van der Waals surface area contributed by atoms with E-state index >= 15 is 0 Å². The molecule has 2 amide bonds. The number of nitrogens with one attached hydrogen (secondary N) is 1. The Kier molecular flexibility index (Phi) is 4.74. The van der Waals surface area contributed by atoms with Crippen molar-refractivity contribution in [2.45, 2.75) is 51.1 Å². The molecule has 0 saturated heterocycles. The van der Waals surface area contributed by atoms with E-state index in [1.54, 1.807) is 32.6 Å². The van der Waals surface area contributed by atoms with Gasteiger partial charge in [-0.15, -0.1) is 0 Å². The molecule has 2 aromatic heterocycles. The summed E-state index contributed by atoms with van der Waals surface area (Å²) in [6.45, 7) is 2.02. The molecule has 1 aliphatic carbocycles. The quantitative estimate of drug-likeness (QED) is 0.865. The molecule has 1 unspecified atom stereocenters. The molecule has 0 aromatic carbocycles. The predicted octanol–water partition coefficient (Wildman–Crippen LogP) is 1.84. The molecule has 2 aliphatic rings. The summed E-state index contributed by atoms with van der Waals surface area (Å²) in [5.41, 5.74) is 0.959. The smallest absolute Gasteiger partial charge is 0.273 e. The van der Waals surface area contributed by atoms with E-state index in [2.05, 4.69) is 20.3 Å². The lowest BCUT2D eigenvalue weighted by Crippen LogP contribution is -2.52. The minimum absolute atomic E-state index is 0.00351. The number of rotatable bonds is 4. The summed E-state index contributed by atoms with van der Waals surface area (Å²) in [6, 6.07) is 1.72. The maximum atomic E-state index is 12.6. The van der Waals surface area contributed by atoms with Crippen LogP contribution in [0.15, 0.2) is 18.5 Å². The lowest BCUT2D eigenvalue weighted by molar-refractivity contribution is -0.117. The normalized spacial score (nSPS) is 19.5. The minimum atomic E-state index is -0.234. The summed E-state index contributed by atoms with van der Waals surface area (Å²) in [7, 11) is 3.37. The number of carbonyl (C=O) groups excluding carboxylic acids is 2. The summed E-state index contributed by atoms with van der Waals surface area (Å²) in [4.78, 5) is 37.4. The van der Waals surface area contributed by atoms with Crippen molar-refractivity contribution in [3.05, 3.63) is 24.2 Å². The molecule has 1 saturated carbocycles. The van der Waals surface area contributed by atoms with E-state index in [0.717, 1.165) is 18.7 Å². The summed E-state index contributed by atoms with van der Waals surface area (Å²) in [5, 5.41) is 7.26. The van der Waals surface area contributed by atoms with Gasteiger partial charge in [-0.25, -0.2) is 9.67 Å². The van der Waals surface area contributed by atoms with E-state index in [0.29, 0.717) is 29.8 Å². The second-order valence-corrected chi connectivity index (χ2v) is 7.51. The van der Waals surface area contributed by atoms with Crippen LogP contribution in [0.25, 0.3) is 5.95 Å². The zero-order valence-corrected chi connectivity index (χ0v) is 16.4. The van der Waals surface area contributed by atoms with Crippen molar-refractivity contribution < 1.29 is 9.59 Å². The van der Waals surface area contributed by atoms with Crippen LogP contribution in [-0.2, 0) is 4.79 Å². The Labute approximate surface area is 163 Å². The molecule has 4 rings (SSSR count). The van der Waals surface area contributed by atoms with Gasteiger partial charge in [0.2, 0.25) is 5.91 Å². The van der Waals surface area contributed by atoms with Gasteiger partial charge < -0.3 is 15.1 Å². The number of hydrogen-bond donors (Lipinski definition) is 1. The number of amides is 2. The second-order valence-electron chi connectivity index (χ2n) is 7.51. The standard InChI is InChI=1S/C19H25N7O2/c1-4-15-17(27)21-14-11-20-19(22-16(14)26(15)12-7-5-6-8-12)25-10-9-13(23-25)18(28)24(2)3/h9-12,15H,4-8H2,1-3H3,(H,21,27). The van der Waals surface area contributed by atoms with Crippen LogP contribution in [0.1, 0.15) is 49.5 Å². The summed E-state index contributed by atoms with van der Waals surface area (Å²) < 4.78 is 1.50. The molecule has 1 N–H and O–H groups in total. The topological polar surface area (TPSA) is 96.2 Å². The van der Waals surface area contributed by atoms with E-state index in [1.165, 1.54) is 22.4 Å². The molecule has 1 atom stereocenters. The molecule has 9 nitrogen and oxygen atoms in total. The van der Waals surface area contributed by atoms with E-state index in [9.17, 15) is 9.59 Å². The first-order chi connectivity index (χ1) is 13.5. The van der Waals surface area contributed by atoms with Gasteiger partial charge in [-0.3, -0.25) is 9.59 Å². The van der Waals surface area contributed by atoms with Gasteiger partial charge in [0.05, 0.1) is 6.20 Å². The first-order valence-electron chi connectivity index (χ1n) is 9.73. The van der Waals surface area contributed by atoms with Crippen LogP contribution in [0.4, 0.5) is 11.5 Å². The van der Waals surface area contributed by atoms with Crippen molar-refractivity contribution in [2.75, 3.05) is 24.3 Å². The third-order valence-electron chi connectivity index (χ3n) is 5.42. The molecule has 9 heteroatoms. The van der Waals surface area contributed by atoms with Gasteiger partial charge in [0, 0.05) is 26.3 Å². The van der Waals surface area contributed by atoms with Gasteiger partial charge in [-0.05, 0) is 25.3 Å². The largest absolute Gasteiger partial charge is 0.343 e. The molecule has 0 bridgehead atoms. The molecule has 148 valence electrons. The summed E-state index contributed by atoms with van der Waals surface area (Å²) in [6.07, 6.45) is 8.47. The van der Waals surface area contributed by atoms with Gasteiger partial charge in [-0.1, -0.05) is 19.8 Å². The Morgan fingerprint density at radius 1 is 1.32 bits per heavy atom. The Balaban J connectivity index is 1.73. The van der Waals surface area contributed by atoms with E-state index in [-0.39, 0.29) is 17.9 Å². The Morgan fingerprint density at radius 3 is 2.75 bits per heavy atom. The fourth-order valence-corrected chi connectivity index (χ4v) is 4.02. The average Bonchev–Trinajstić information content (AvgIpc) is 3.38. The van der Waals surface area contributed by atoms with Crippen molar-refractivity contribution in [1.82, 2.24) is 24.6 Å². The van der Waals surface area contributed by atoms with E-state index in [1.807, 2.05) is 6.92 Å². The Morgan fingerprint density at radius 2 is 2.07 bits per heavy atom. The number of anilines is 2. The Hall–Kier alpha value is -2.97. The molecule has 28 heavy (non-hydrogen) atoms. The number of hydrogen-bond acceptors (Lipinski definition) is 6. The fourth-order valence-electron chi connectivity index (χ4n) is 4.02. The SMILES string of the molecule is CCC1C(=O)Nc2cnc(-n3ccc(C(=O)N(C)C)n3)nc2N1C1CCCC1. The zero-order valence-electron chi connectivity index (χ0n) is 16.4. The lowest BCUT2D eigenvalue weighted by Gasteiger charge is -2.40. The first kappa shape index (κ1) is 18.4. The average molecular weight is 383 g/mol. The summed E-state index contributed by atoms with van der Waals surface area (Å²) >= 11 is 0. The third kappa shape index (κ3) is 3.10. The van der Waals surface area contributed by atoms with Gasteiger partial charge in [0.1, 0.15) is 11.7 Å². The molecule has 1 fully saturated rings. The number of fused-ring (bicyclic) bond motifs is 1. The highest BCUT2D eigenvalue weighted by Crippen LogP contribution is 2.37. The van der Waals surface area contributed by atoms with Crippen LogP contribution in [-0.4, -0.2) is 62.6 Å². The van der Waals surface area contributed by atoms with E-state index in [4.69, 9.17) is 4.98 Å². The van der Waals surface area contributed by atoms with Gasteiger partial charge >= 0.3 is 0 Å². The summed E-state index contributed by atoms with van der Waals surface area (Å²) in [5.74, 6) is 0.934. The van der Waals surface area contributed by atoms with Crippen molar-refractivity contribution in [3.63, 3.8) is 0 Å². The highest BCUT2D eigenvalue weighted by molar-refractivity contribution is 6.02. The maximum Gasteiger partial charge on any atom is 0.273 e. The highest BCUT2D eigenvalue weighted by Gasteiger charge is 2.38. The number of nitrogens with zero attached hydrogens (tertiary/aromatic N) is 6. The highest BCUT2D eigenvalue weighted by atomic mass is 16.2. The predicted molar refractivity (Wildman–Crippen MR) is 105 cm³/mol. The van der Waals surface area contributed by atoms with E-state index < -0.39 is 0 Å².